The molecule has 1 aliphatic rings. The summed E-state index contributed by atoms with van der Waals surface area (Å²) in [5.74, 6) is 0.550. The van der Waals surface area contributed by atoms with Crippen LogP contribution in [0.3, 0.4) is 0 Å². The number of carbonyl (C=O) groups is 1. The molecule has 0 saturated carbocycles. The Bertz CT molecular complexity index is 303. The molecular weight excluding hydrogens is 254 g/mol. The van der Waals surface area contributed by atoms with E-state index in [-0.39, 0.29) is 5.97 Å². The molecule has 1 atom stereocenters. The Morgan fingerprint density at radius 1 is 1.45 bits per heavy atom. The first-order valence-electron chi connectivity index (χ1n) is 7.61. The quantitative estimate of drug-likeness (QED) is 0.701. The smallest absolute Gasteiger partial charge is 0.327 e. The van der Waals surface area contributed by atoms with Crippen LogP contribution < -0.4 is 5.32 Å². The zero-order valence-corrected chi connectivity index (χ0v) is 13.7. The van der Waals surface area contributed by atoms with Crippen molar-refractivity contribution in [2.45, 2.75) is 32.2 Å². The normalized spacial score (nSPS) is 20.9. The van der Waals surface area contributed by atoms with E-state index >= 15 is 0 Å². The maximum atomic E-state index is 12.0. The topological polar surface area (TPSA) is 44.8 Å². The Morgan fingerprint density at radius 3 is 2.55 bits per heavy atom. The molecule has 5 nitrogen and oxygen atoms in total. The van der Waals surface area contributed by atoms with Gasteiger partial charge in [-0.1, -0.05) is 6.92 Å². The van der Waals surface area contributed by atoms with E-state index in [1.54, 1.807) is 0 Å². The predicted octanol–water partition coefficient (Wildman–Crippen LogP) is 0.801. The van der Waals surface area contributed by atoms with E-state index in [1.807, 2.05) is 13.8 Å². The van der Waals surface area contributed by atoms with Gasteiger partial charge in [-0.15, -0.1) is 0 Å². The van der Waals surface area contributed by atoms with Crippen molar-refractivity contribution in [3.05, 3.63) is 0 Å². The minimum atomic E-state index is -0.621. The third-order valence-corrected chi connectivity index (χ3v) is 4.20. The van der Waals surface area contributed by atoms with Crippen molar-refractivity contribution in [1.82, 2.24) is 15.1 Å². The van der Waals surface area contributed by atoms with Crippen LogP contribution in [-0.2, 0) is 9.53 Å². The van der Waals surface area contributed by atoms with Gasteiger partial charge in [0.2, 0.25) is 0 Å². The fourth-order valence-corrected chi connectivity index (χ4v) is 3.10. The molecule has 5 heteroatoms. The van der Waals surface area contributed by atoms with Crippen LogP contribution in [0.1, 0.15) is 26.7 Å². The fraction of sp³-hybridized carbons (Fsp3) is 0.933. The maximum Gasteiger partial charge on any atom is 0.327 e. The largest absolute Gasteiger partial charge is 0.468 e. The Kier molecular flexibility index (Phi) is 6.92. The number of likely N-dealkylation sites (tertiary alicyclic amines) is 1. The molecule has 1 unspecified atom stereocenters. The molecule has 20 heavy (non-hydrogen) atoms. The number of hydrogen-bond donors (Lipinski definition) is 1. The summed E-state index contributed by atoms with van der Waals surface area (Å²) in [6.07, 6.45) is 2.49. The van der Waals surface area contributed by atoms with Gasteiger partial charge in [-0.2, -0.15) is 0 Å². The monoisotopic (exact) mass is 285 g/mol. The SMILES string of the molecule is CCNC(C)(CN(C)CC1CCN(C)CC1)C(=O)OC. The van der Waals surface area contributed by atoms with Crippen molar-refractivity contribution in [2.24, 2.45) is 5.92 Å². The first kappa shape index (κ1) is 17.4. The number of methoxy groups -OCH3 is 1. The lowest BCUT2D eigenvalue weighted by atomic mass is 9.95. The highest BCUT2D eigenvalue weighted by Crippen LogP contribution is 2.18. The van der Waals surface area contributed by atoms with Crippen LogP contribution in [0.2, 0.25) is 0 Å². The Balaban J connectivity index is 2.49. The fourth-order valence-electron chi connectivity index (χ4n) is 3.10. The Morgan fingerprint density at radius 2 is 2.05 bits per heavy atom. The summed E-state index contributed by atoms with van der Waals surface area (Å²) in [7, 11) is 5.73. The van der Waals surface area contributed by atoms with Crippen molar-refractivity contribution in [1.29, 1.82) is 0 Å². The number of ether oxygens (including phenoxy) is 1. The Labute approximate surface area is 123 Å². The van der Waals surface area contributed by atoms with Gasteiger partial charge in [-0.3, -0.25) is 4.79 Å². The number of esters is 1. The van der Waals surface area contributed by atoms with E-state index in [9.17, 15) is 4.79 Å². The number of piperidine rings is 1. The number of nitrogens with zero attached hydrogens (tertiary/aromatic N) is 2. The second kappa shape index (κ2) is 7.96. The summed E-state index contributed by atoms with van der Waals surface area (Å²) < 4.78 is 4.94. The van der Waals surface area contributed by atoms with Crippen LogP contribution >= 0.6 is 0 Å². The van der Waals surface area contributed by atoms with Gasteiger partial charge in [-0.25, -0.2) is 0 Å². The van der Waals surface area contributed by atoms with Crippen molar-refractivity contribution < 1.29 is 9.53 Å². The molecule has 0 aromatic rings. The molecule has 118 valence electrons. The maximum absolute atomic E-state index is 12.0. The molecule has 0 aromatic carbocycles. The van der Waals surface area contributed by atoms with Crippen molar-refractivity contribution in [3.63, 3.8) is 0 Å². The summed E-state index contributed by atoms with van der Waals surface area (Å²) in [5.41, 5.74) is -0.621. The van der Waals surface area contributed by atoms with Crippen LogP contribution in [0.15, 0.2) is 0 Å². The van der Waals surface area contributed by atoms with Gasteiger partial charge in [0.05, 0.1) is 7.11 Å². The minimum Gasteiger partial charge on any atom is -0.468 e. The summed E-state index contributed by atoms with van der Waals surface area (Å²) in [6, 6.07) is 0. The van der Waals surface area contributed by atoms with Gasteiger partial charge in [0.25, 0.3) is 0 Å². The lowest BCUT2D eigenvalue weighted by Crippen LogP contribution is -2.57. The minimum absolute atomic E-state index is 0.186. The van der Waals surface area contributed by atoms with E-state index in [0.29, 0.717) is 6.54 Å². The van der Waals surface area contributed by atoms with Crippen molar-refractivity contribution >= 4 is 5.97 Å². The van der Waals surface area contributed by atoms with Crippen LogP contribution in [0.4, 0.5) is 0 Å². The summed E-state index contributed by atoms with van der Waals surface area (Å²) in [6.45, 7) is 8.78. The third-order valence-electron chi connectivity index (χ3n) is 4.20. The first-order chi connectivity index (χ1) is 9.41. The van der Waals surface area contributed by atoms with Crippen LogP contribution in [0.5, 0.6) is 0 Å². The molecule has 1 saturated heterocycles. The second-order valence-corrected chi connectivity index (χ2v) is 6.30. The summed E-state index contributed by atoms with van der Waals surface area (Å²) in [5, 5.41) is 3.26. The van der Waals surface area contributed by atoms with Crippen LogP contribution in [0.25, 0.3) is 0 Å². The zero-order valence-electron chi connectivity index (χ0n) is 13.7. The molecule has 0 bridgehead atoms. The molecule has 1 rings (SSSR count). The second-order valence-electron chi connectivity index (χ2n) is 6.30. The van der Waals surface area contributed by atoms with Gasteiger partial charge >= 0.3 is 5.97 Å². The predicted molar refractivity (Wildman–Crippen MR) is 81.8 cm³/mol. The molecule has 0 radical (unpaired) electrons. The van der Waals surface area contributed by atoms with Gasteiger partial charge in [-0.05, 0) is 59.4 Å². The van der Waals surface area contributed by atoms with Crippen molar-refractivity contribution in [3.8, 4) is 0 Å². The number of nitrogens with one attached hydrogen (secondary N) is 1. The average molecular weight is 285 g/mol. The van der Waals surface area contributed by atoms with E-state index in [0.717, 1.165) is 19.0 Å². The molecular formula is C15H31N3O2. The number of carbonyl (C=O) groups excluding carboxylic acids is 1. The zero-order chi connectivity index (χ0) is 15.2. The Hall–Kier alpha value is -0.650. The molecule has 0 aromatic heterocycles. The van der Waals surface area contributed by atoms with E-state index in [2.05, 4.69) is 29.2 Å². The van der Waals surface area contributed by atoms with E-state index < -0.39 is 5.54 Å². The lowest BCUT2D eigenvalue weighted by molar-refractivity contribution is -0.148. The van der Waals surface area contributed by atoms with Crippen LogP contribution in [-0.4, -0.2) is 75.2 Å². The first-order valence-corrected chi connectivity index (χ1v) is 7.61. The third kappa shape index (κ3) is 5.04. The highest BCUT2D eigenvalue weighted by molar-refractivity contribution is 5.80. The number of rotatable bonds is 7. The van der Waals surface area contributed by atoms with E-state index in [4.69, 9.17) is 4.74 Å². The van der Waals surface area contributed by atoms with E-state index in [1.165, 1.54) is 33.0 Å². The molecule has 0 spiro atoms. The standard InChI is InChI=1S/C15H31N3O2/c1-6-16-15(2,14(19)20-5)12-18(4)11-13-7-9-17(3)10-8-13/h13,16H,6-12H2,1-5H3. The summed E-state index contributed by atoms with van der Waals surface area (Å²) >= 11 is 0. The number of hydrogen-bond acceptors (Lipinski definition) is 5. The summed E-state index contributed by atoms with van der Waals surface area (Å²) in [4.78, 5) is 16.6. The van der Waals surface area contributed by atoms with Gasteiger partial charge in [0.15, 0.2) is 0 Å². The molecule has 1 N–H and O–H groups in total. The highest BCUT2D eigenvalue weighted by atomic mass is 16.5. The molecule has 1 aliphatic heterocycles. The average Bonchev–Trinajstić information content (AvgIpc) is 2.40. The number of likely N-dealkylation sites (N-methyl/N-ethyl adjacent to an activating group) is 2. The molecule has 0 amide bonds. The van der Waals surface area contributed by atoms with Crippen molar-refractivity contribution in [2.75, 3.05) is 53.9 Å². The molecule has 0 aliphatic carbocycles. The highest BCUT2D eigenvalue weighted by Gasteiger charge is 2.35. The lowest BCUT2D eigenvalue weighted by Gasteiger charge is -2.35. The molecule has 1 heterocycles. The van der Waals surface area contributed by atoms with Gasteiger partial charge < -0.3 is 19.9 Å². The van der Waals surface area contributed by atoms with Gasteiger partial charge in [0.1, 0.15) is 5.54 Å². The van der Waals surface area contributed by atoms with Crippen LogP contribution in [0, 0.1) is 5.92 Å². The van der Waals surface area contributed by atoms with Gasteiger partial charge in [0, 0.05) is 13.1 Å². The molecule has 1 fully saturated rings.